The van der Waals surface area contributed by atoms with Gasteiger partial charge in [-0.1, -0.05) is 54.6 Å². The van der Waals surface area contributed by atoms with Gasteiger partial charge in [-0.25, -0.2) is 0 Å². The maximum Gasteiger partial charge on any atom is 0.0636 e. The highest BCUT2D eigenvalue weighted by Gasteiger charge is 2.09. The maximum absolute atomic E-state index is 8.99. The van der Waals surface area contributed by atoms with E-state index in [0.29, 0.717) is 5.69 Å². The minimum Gasteiger partial charge on any atom is -0.291 e. The summed E-state index contributed by atoms with van der Waals surface area (Å²) in [5.41, 5.74) is 10.3. The zero-order valence-corrected chi connectivity index (χ0v) is 15.4. The quantitative estimate of drug-likeness (QED) is 0.483. The van der Waals surface area contributed by atoms with Crippen molar-refractivity contribution < 1.29 is 10.0 Å². The summed E-state index contributed by atoms with van der Waals surface area (Å²) in [5, 5.41) is 8.99. The molecule has 0 radical (unpaired) electrons. The molecule has 0 unspecified atom stereocenters. The second kappa shape index (κ2) is 9.73. The molecule has 0 aromatic heterocycles. The molecular formula is C22H25N3O2. The van der Waals surface area contributed by atoms with Crippen LogP contribution in [0.4, 0.5) is 11.4 Å². The topological polar surface area (TPSA) is 56.8 Å². The summed E-state index contributed by atoms with van der Waals surface area (Å²) >= 11 is 0. The minimum atomic E-state index is 0.689. The summed E-state index contributed by atoms with van der Waals surface area (Å²) in [6.07, 6.45) is 0. The van der Waals surface area contributed by atoms with Gasteiger partial charge in [-0.2, -0.15) is 0 Å². The molecule has 0 bridgehead atoms. The Morgan fingerprint density at radius 2 is 1.19 bits per heavy atom. The van der Waals surface area contributed by atoms with E-state index in [4.69, 9.17) is 10.0 Å². The van der Waals surface area contributed by atoms with Gasteiger partial charge in [-0.05, 0) is 41.0 Å². The third kappa shape index (κ3) is 5.82. The number of anilines is 2. The van der Waals surface area contributed by atoms with Gasteiger partial charge < -0.3 is 0 Å². The second-order valence-electron chi connectivity index (χ2n) is 6.44. The van der Waals surface area contributed by atoms with Gasteiger partial charge in [0.2, 0.25) is 0 Å². The first kappa shape index (κ1) is 18.9. The molecule has 3 N–H and O–H groups in total. The molecule has 27 heavy (non-hydrogen) atoms. The molecule has 0 aliphatic carbocycles. The van der Waals surface area contributed by atoms with Gasteiger partial charge in [0.15, 0.2) is 0 Å². The Kier molecular flexibility index (Phi) is 6.82. The average Bonchev–Trinajstić information content (AvgIpc) is 2.71. The highest BCUT2D eigenvalue weighted by molar-refractivity contribution is 5.43. The largest absolute Gasteiger partial charge is 0.291 e. The first-order chi connectivity index (χ1) is 13.3. The molecule has 5 nitrogen and oxygen atoms in total. The molecule has 0 saturated carbocycles. The highest BCUT2D eigenvalue weighted by atomic mass is 16.6. The Hall–Kier alpha value is -2.86. The predicted octanol–water partition coefficient (Wildman–Crippen LogP) is 4.66. The SMILES string of the molecule is CONc1ccc(CN(Cc2ccccc2)Cc2ccc(NO)cc2)cc1. The number of nitrogens with one attached hydrogen (secondary N) is 2. The molecular weight excluding hydrogens is 338 g/mol. The molecule has 140 valence electrons. The zero-order chi connectivity index (χ0) is 18.9. The lowest BCUT2D eigenvalue weighted by atomic mass is 10.1. The molecule has 0 spiro atoms. The van der Waals surface area contributed by atoms with E-state index in [1.807, 2.05) is 42.5 Å². The maximum atomic E-state index is 8.99. The van der Waals surface area contributed by atoms with E-state index < -0.39 is 0 Å². The van der Waals surface area contributed by atoms with Crippen LogP contribution in [0.5, 0.6) is 0 Å². The van der Waals surface area contributed by atoms with Crippen molar-refractivity contribution in [3.63, 3.8) is 0 Å². The average molecular weight is 363 g/mol. The van der Waals surface area contributed by atoms with Crippen LogP contribution in [0.15, 0.2) is 78.9 Å². The van der Waals surface area contributed by atoms with Crippen molar-refractivity contribution in [3.8, 4) is 0 Å². The van der Waals surface area contributed by atoms with Crippen LogP contribution in [-0.2, 0) is 24.5 Å². The van der Waals surface area contributed by atoms with Crippen LogP contribution >= 0.6 is 0 Å². The van der Waals surface area contributed by atoms with E-state index in [9.17, 15) is 0 Å². The van der Waals surface area contributed by atoms with Crippen molar-refractivity contribution in [2.24, 2.45) is 0 Å². The zero-order valence-electron chi connectivity index (χ0n) is 15.4. The van der Waals surface area contributed by atoms with Crippen molar-refractivity contribution in [3.05, 3.63) is 95.6 Å². The van der Waals surface area contributed by atoms with Gasteiger partial charge in [-0.15, -0.1) is 0 Å². The fourth-order valence-electron chi connectivity index (χ4n) is 3.01. The fraction of sp³-hybridized carbons (Fsp3) is 0.182. The third-order valence-electron chi connectivity index (χ3n) is 4.32. The molecule has 3 rings (SSSR count). The van der Waals surface area contributed by atoms with E-state index in [1.54, 1.807) is 7.11 Å². The van der Waals surface area contributed by atoms with E-state index in [-0.39, 0.29) is 0 Å². The lowest BCUT2D eigenvalue weighted by molar-refractivity contribution is 0.247. The summed E-state index contributed by atoms with van der Waals surface area (Å²) in [5.74, 6) is 0. The van der Waals surface area contributed by atoms with Crippen LogP contribution in [-0.4, -0.2) is 17.2 Å². The number of nitrogens with zero attached hydrogens (tertiary/aromatic N) is 1. The monoisotopic (exact) mass is 363 g/mol. The van der Waals surface area contributed by atoms with Gasteiger partial charge in [0, 0.05) is 19.6 Å². The van der Waals surface area contributed by atoms with Crippen LogP contribution < -0.4 is 11.0 Å². The van der Waals surface area contributed by atoms with E-state index in [2.05, 4.69) is 52.3 Å². The minimum absolute atomic E-state index is 0.689. The molecule has 3 aromatic carbocycles. The highest BCUT2D eigenvalue weighted by Crippen LogP contribution is 2.17. The van der Waals surface area contributed by atoms with Crippen LogP contribution in [0.3, 0.4) is 0 Å². The Balaban J connectivity index is 1.73. The number of rotatable bonds is 9. The third-order valence-corrected chi connectivity index (χ3v) is 4.32. The summed E-state index contributed by atoms with van der Waals surface area (Å²) in [4.78, 5) is 7.34. The second-order valence-corrected chi connectivity index (χ2v) is 6.44. The lowest BCUT2D eigenvalue weighted by Gasteiger charge is -2.23. The van der Waals surface area contributed by atoms with E-state index in [1.165, 1.54) is 16.7 Å². The smallest absolute Gasteiger partial charge is 0.0636 e. The normalized spacial score (nSPS) is 10.8. The van der Waals surface area contributed by atoms with Crippen LogP contribution in [0.1, 0.15) is 16.7 Å². The molecule has 5 heteroatoms. The van der Waals surface area contributed by atoms with Crippen molar-refractivity contribution in [1.29, 1.82) is 0 Å². The lowest BCUT2D eigenvalue weighted by Crippen LogP contribution is -2.22. The van der Waals surface area contributed by atoms with Crippen molar-refractivity contribution in [1.82, 2.24) is 4.90 Å². The van der Waals surface area contributed by atoms with Crippen LogP contribution in [0.2, 0.25) is 0 Å². The van der Waals surface area contributed by atoms with Crippen LogP contribution in [0.25, 0.3) is 0 Å². The van der Waals surface area contributed by atoms with Crippen molar-refractivity contribution in [2.45, 2.75) is 19.6 Å². The first-order valence-electron chi connectivity index (χ1n) is 8.90. The van der Waals surface area contributed by atoms with Gasteiger partial charge >= 0.3 is 0 Å². The molecule has 0 fully saturated rings. The molecule has 0 heterocycles. The fourth-order valence-corrected chi connectivity index (χ4v) is 3.01. The molecule has 0 saturated heterocycles. The Morgan fingerprint density at radius 1 is 0.704 bits per heavy atom. The molecule has 0 aliphatic heterocycles. The standard InChI is InChI=1S/C22H25N3O2/c1-27-24-22-13-9-20(10-14-22)17-25(15-18-5-3-2-4-6-18)16-19-7-11-21(23-26)12-8-19/h2-14,23-24,26H,15-17H2,1H3. The van der Waals surface area contributed by atoms with Crippen molar-refractivity contribution in [2.75, 3.05) is 18.1 Å². The summed E-state index contributed by atoms with van der Waals surface area (Å²) in [6, 6.07) is 26.5. The van der Waals surface area contributed by atoms with E-state index >= 15 is 0 Å². The first-order valence-corrected chi connectivity index (χ1v) is 8.90. The van der Waals surface area contributed by atoms with Gasteiger partial charge in [-0.3, -0.25) is 25.9 Å². The van der Waals surface area contributed by atoms with Gasteiger partial charge in [0.25, 0.3) is 0 Å². The molecule has 0 aliphatic rings. The number of hydrogen-bond donors (Lipinski definition) is 3. The summed E-state index contributed by atoms with van der Waals surface area (Å²) < 4.78 is 0. The van der Waals surface area contributed by atoms with Gasteiger partial charge in [0.1, 0.15) is 0 Å². The Labute approximate surface area is 160 Å². The molecule has 0 amide bonds. The van der Waals surface area contributed by atoms with Crippen LogP contribution in [0, 0.1) is 0 Å². The van der Waals surface area contributed by atoms with Gasteiger partial charge in [0.05, 0.1) is 18.5 Å². The molecule has 0 atom stereocenters. The van der Waals surface area contributed by atoms with E-state index in [0.717, 1.165) is 25.3 Å². The Morgan fingerprint density at radius 3 is 1.67 bits per heavy atom. The number of hydrogen-bond acceptors (Lipinski definition) is 5. The summed E-state index contributed by atoms with van der Waals surface area (Å²) in [6.45, 7) is 2.51. The predicted molar refractivity (Wildman–Crippen MR) is 108 cm³/mol. The summed E-state index contributed by atoms with van der Waals surface area (Å²) in [7, 11) is 1.60. The number of benzene rings is 3. The van der Waals surface area contributed by atoms with Crippen molar-refractivity contribution >= 4 is 11.4 Å². The molecule has 3 aromatic rings. The Bertz CT molecular complexity index is 805.